The van der Waals surface area contributed by atoms with Gasteiger partial charge in [0.15, 0.2) is 5.78 Å². The number of rotatable bonds is 4. The predicted octanol–water partition coefficient (Wildman–Crippen LogP) is 4.87. The number of nitrogens with zero attached hydrogens (tertiary/aromatic N) is 1. The number of carbonyl (C=O) groups excluding carboxylic acids is 2. The second-order valence-electron chi connectivity index (χ2n) is 8.73. The molecule has 0 spiro atoms. The Kier molecular flexibility index (Phi) is 5.14. The molecule has 0 N–H and O–H groups in total. The summed E-state index contributed by atoms with van der Waals surface area (Å²) in [5, 5.41) is 0. The maximum Gasteiger partial charge on any atom is 0.232 e. The summed E-state index contributed by atoms with van der Waals surface area (Å²) in [7, 11) is 3.21. The molecule has 0 saturated heterocycles. The summed E-state index contributed by atoms with van der Waals surface area (Å²) in [6, 6.07) is 15.1. The van der Waals surface area contributed by atoms with Crippen molar-refractivity contribution in [3.05, 3.63) is 65.4 Å². The lowest BCUT2D eigenvalue weighted by molar-refractivity contribution is -0.121. The van der Waals surface area contributed by atoms with Gasteiger partial charge in [0.25, 0.3) is 0 Å². The molecule has 5 nitrogen and oxygen atoms in total. The molecule has 0 aromatic heterocycles. The fraction of sp³-hybridized carbons (Fsp3) is 0.360. The molecule has 2 aliphatic rings. The fourth-order valence-electron chi connectivity index (χ4n) is 4.67. The zero-order valence-electron chi connectivity index (χ0n) is 17.9. The molecule has 0 radical (unpaired) electrons. The van der Waals surface area contributed by atoms with Gasteiger partial charge < -0.3 is 9.47 Å². The number of hydrogen-bond donors (Lipinski definition) is 0. The number of ether oxygens (including phenoxy) is 2. The van der Waals surface area contributed by atoms with Gasteiger partial charge in [-0.25, -0.2) is 0 Å². The van der Waals surface area contributed by atoms with E-state index in [1.54, 1.807) is 19.1 Å². The van der Waals surface area contributed by atoms with Crippen LogP contribution in [0.1, 0.15) is 44.6 Å². The van der Waals surface area contributed by atoms with E-state index in [4.69, 9.17) is 9.47 Å². The number of para-hydroxylation sites is 1. The third-order valence-corrected chi connectivity index (χ3v) is 5.97. The molecule has 0 fully saturated rings. The first-order chi connectivity index (χ1) is 14.3. The van der Waals surface area contributed by atoms with Crippen LogP contribution in [0.3, 0.4) is 0 Å². The molecule has 5 heteroatoms. The first-order valence-electron chi connectivity index (χ1n) is 10.2. The van der Waals surface area contributed by atoms with Crippen molar-refractivity contribution in [2.24, 2.45) is 5.41 Å². The largest absolute Gasteiger partial charge is 0.497 e. The van der Waals surface area contributed by atoms with Crippen LogP contribution in [0.4, 0.5) is 5.69 Å². The van der Waals surface area contributed by atoms with Gasteiger partial charge in [0.1, 0.15) is 11.5 Å². The van der Waals surface area contributed by atoms with E-state index in [-0.39, 0.29) is 29.4 Å². The summed E-state index contributed by atoms with van der Waals surface area (Å²) < 4.78 is 11.0. The molecule has 156 valence electrons. The molecule has 1 atom stereocenters. The maximum absolute atomic E-state index is 13.4. The Bertz CT molecular complexity index is 1020. The van der Waals surface area contributed by atoms with Gasteiger partial charge in [0.05, 0.1) is 14.2 Å². The number of Topliss-reactive ketones (excluding diaryl/α,β-unsaturated/α-hetero) is 1. The van der Waals surface area contributed by atoms with Gasteiger partial charge in [-0.15, -0.1) is 0 Å². The summed E-state index contributed by atoms with van der Waals surface area (Å²) in [5.74, 6) is 1.08. The molecule has 1 amide bonds. The highest BCUT2D eigenvalue weighted by Crippen LogP contribution is 2.49. The lowest BCUT2D eigenvalue weighted by atomic mass is 9.69. The van der Waals surface area contributed by atoms with E-state index >= 15 is 0 Å². The number of anilines is 1. The Balaban J connectivity index is 1.93. The van der Waals surface area contributed by atoms with E-state index in [1.807, 2.05) is 48.5 Å². The third-order valence-electron chi connectivity index (χ3n) is 5.97. The minimum absolute atomic E-state index is 0.0136. The van der Waals surface area contributed by atoms with E-state index in [1.165, 1.54) is 0 Å². The van der Waals surface area contributed by atoms with Gasteiger partial charge in [0, 0.05) is 41.3 Å². The molecular weight excluding hydrogens is 378 g/mol. The molecule has 0 bridgehead atoms. The highest BCUT2D eigenvalue weighted by molar-refractivity contribution is 6.08. The Labute approximate surface area is 177 Å². The van der Waals surface area contributed by atoms with E-state index in [2.05, 4.69) is 13.8 Å². The van der Waals surface area contributed by atoms with Crippen LogP contribution < -0.4 is 14.4 Å². The summed E-state index contributed by atoms with van der Waals surface area (Å²) >= 11 is 0. The van der Waals surface area contributed by atoms with Crippen LogP contribution in [0.15, 0.2) is 59.8 Å². The van der Waals surface area contributed by atoms with Crippen molar-refractivity contribution in [2.75, 3.05) is 19.1 Å². The van der Waals surface area contributed by atoms with E-state index < -0.39 is 0 Å². The summed E-state index contributed by atoms with van der Waals surface area (Å²) in [6.45, 7) is 4.16. The Hall–Kier alpha value is -3.08. The fourth-order valence-corrected chi connectivity index (χ4v) is 4.67. The lowest BCUT2D eigenvalue weighted by Crippen LogP contribution is -2.43. The number of methoxy groups -OCH3 is 2. The number of carbonyl (C=O) groups is 2. The second-order valence-corrected chi connectivity index (χ2v) is 8.73. The minimum atomic E-state index is -0.346. The average Bonchev–Trinajstić information content (AvgIpc) is 2.72. The molecule has 0 saturated carbocycles. The molecule has 2 aromatic carbocycles. The molecule has 1 heterocycles. The van der Waals surface area contributed by atoms with Gasteiger partial charge in [-0.1, -0.05) is 32.0 Å². The van der Waals surface area contributed by atoms with Crippen LogP contribution in [0.25, 0.3) is 0 Å². The van der Waals surface area contributed by atoms with E-state index in [0.29, 0.717) is 24.3 Å². The molecule has 2 aromatic rings. The van der Waals surface area contributed by atoms with Crippen molar-refractivity contribution in [1.82, 2.24) is 0 Å². The Morgan fingerprint density at radius 2 is 1.70 bits per heavy atom. The normalized spacial score (nSPS) is 20.8. The first kappa shape index (κ1) is 20.2. The van der Waals surface area contributed by atoms with Gasteiger partial charge in [0.2, 0.25) is 5.91 Å². The zero-order chi connectivity index (χ0) is 21.5. The SMILES string of the molecule is COc1ccc(OC)c(C2CC(=O)N(c3ccccc3)C3=C2C(=O)CC(C)(C)C3)c1. The number of benzene rings is 2. The van der Waals surface area contributed by atoms with Gasteiger partial charge >= 0.3 is 0 Å². The van der Waals surface area contributed by atoms with Crippen LogP contribution in [-0.2, 0) is 9.59 Å². The smallest absolute Gasteiger partial charge is 0.232 e. The number of ketones is 1. The standard InChI is InChI=1S/C25H27NO4/c1-25(2)14-20-24(21(27)15-25)19(18-12-17(29-3)10-11-22(18)30-4)13-23(28)26(20)16-8-6-5-7-9-16/h5-12,19H,13-15H2,1-4H3. The van der Waals surface area contributed by atoms with Crippen LogP contribution in [0, 0.1) is 5.41 Å². The lowest BCUT2D eigenvalue weighted by Gasteiger charge is -2.43. The summed E-state index contributed by atoms with van der Waals surface area (Å²) in [5.41, 5.74) is 2.96. The number of amides is 1. The Morgan fingerprint density at radius 3 is 2.37 bits per heavy atom. The van der Waals surface area contributed by atoms with Crippen LogP contribution in [-0.4, -0.2) is 25.9 Å². The van der Waals surface area contributed by atoms with Crippen molar-refractivity contribution in [3.63, 3.8) is 0 Å². The molecule has 4 rings (SSSR count). The van der Waals surface area contributed by atoms with Gasteiger partial charge in [-0.2, -0.15) is 0 Å². The van der Waals surface area contributed by atoms with Crippen molar-refractivity contribution in [2.45, 2.75) is 39.0 Å². The highest BCUT2D eigenvalue weighted by Gasteiger charge is 2.45. The monoisotopic (exact) mass is 405 g/mol. The van der Waals surface area contributed by atoms with Crippen molar-refractivity contribution in [3.8, 4) is 11.5 Å². The number of allylic oxidation sites excluding steroid dienone is 2. The molecule has 1 aliphatic heterocycles. The summed E-state index contributed by atoms with van der Waals surface area (Å²) in [4.78, 5) is 28.6. The maximum atomic E-state index is 13.4. The Morgan fingerprint density at radius 1 is 0.967 bits per heavy atom. The average molecular weight is 405 g/mol. The molecule has 1 unspecified atom stereocenters. The van der Waals surface area contributed by atoms with Crippen molar-refractivity contribution in [1.29, 1.82) is 0 Å². The van der Waals surface area contributed by atoms with Crippen LogP contribution in [0.2, 0.25) is 0 Å². The topological polar surface area (TPSA) is 55.8 Å². The van der Waals surface area contributed by atoms with Crippen molar-refractivity contribution >= 4 is 17.4 Å². The quantitative estimate of drug-likeness (QED) is 0.728. The molecular formula is C25H27NO4. The van der Waals surface area contributed by atoms with Crippen LogP contribution >= 0.6 is 0 Å². The summed E-state index contributed by atoms with van der Waals surface area (Å²) in [6.07, 6.45) is 1.34. The number of hydrogen-bond acceptors (Lipinski definition) is 4. The van der Waals surface area contributed by atoms with Gasteiger partial charge in [-0.05, 0) is 42.2 Å². The molecule has 1 aliphatic carbocycles. The van der Waals surface area contributed by atoms with Crippen molar-refractivity contribution < 1.29 is 19.1 Å². The van der Waals surface area contributed by atoms with E-state index in [0.717, 1.165) is 22.5 Å². The highest BCUT2D eigenvalue weighted by atomic mass is 16.5. The minimum Gasteiger partial charge on any atom is -0.497 e. The third kappa shape index (κ3) is 3.49. The van der Waals surface area contributed by atoms with Gasteiger partial charge in [-0.3, -0.25) is 14.5 Å². The second kappa shape index (κ2) is 7.63. The predicted molar refractivity (Wildman–Crippen MR) is 116 cm³/mol. The first-order valence-corrected chi connectivity index (χ1v) is 10.2. The molecule has 30 heavy (non-hydrogen) atoms. The van der Waals surface area contributed by atoms with E-state index in [9.17, 15) is 9.59 Å². The van der Waals surface area contributed by atoms with Crippen LogP contribution in [0.5, 0.6) is 11.5 Å². The zero-order valence-corrected chi connectivity index (χ0v) is 17.9.